The summed E-state index contributed by atoms with van der Waals surface area (Å²) in [4.78, 5) is 10.9. The molecule has 16 heavy (non-hydrogen) atoms. The Bertz CT molecular complexity index is 470. The average Bonchev–Trinajstić information content (AvgIpc) is 2.28. The van der Waals surface area contributed by atoms with E-state index >= 15 is 0 Å². The quantitative estimate of drug-likeness (QED) is 0.216. The summed E-state index contributed by atoms with van der Waals surface area (Å²) in [7, 11) is -0.511. The molecule has 1 N–H and O–H groups in total. The maximum absolute atomic E-state index is 10.6. The van der Waals surface area contributed by atoms with Crippen molar-refractivity contribution in [3.63, 3.8) is 0 Å². The second-order valence-corrected chi connectivity index (χ2v) is 5.36. The molecule has 0 fully saturated rings. The summed E-state index contributed by atoms with van der Waals surface area (Å²) >= 11 is 4.98. The summed E-state index contributed by atoms with van der Waals surface area (Å²) in [5.41, 5.74) is 0.0246. The lowest BCUT2D eigenvalue weighted by molar-refractivity contribution is -0.385. The van der Waals surface area contributed by atoms with Gasteiger partial charge >= 0.3 is 4.32 Å². The maximum Gasteiger partial charge on any atom is 0.306 e. The molecule has 1 aromatic rings. The number of nitrogens with zero attached hydrogens (tertiary/aromatic N) is 2. The van der Waals surface area contributed by atoms with Crippen LogP contribution >= 0.6 is 12.2 Å². The zero-order chi connectivity index (χ0) is 12.1. The van der Waals surface area contributed by atoms with Gasteiger partial charge < -0.3 is 0 Å². The second kappa shape index (κ2) is 5.44. The van der Waals surface area contributed by atoms with Gasteiger partial charge in [-0.05, 0) is 18.3 Å². The van der Waals surface area contributed by atoms with Crippen molar-refractivity contribution < 1.29 is 4.92 Å². The van der Waals surface area contributed by atoms with E-state index in [1.165, 1.54) is 12.1 Å². The molecule has 0 heterocycles. The van der Waals surface area contributed by atoms with E-state index in [2.05, 4.69) is 5.32 Å². The Morgan fingerprint density at radius 1 is 1.69 bits per heavy atom. The van der Waals surface area contributed by atoms with Crippen LogP contribution < -0.4 is 5.32 Å². The first-order valence-corrected chi connectivity index (χ1v) is 6.20. The predicted octanol–water partition coefficient (Wildman–Crippen LogP) is 1.56. The molecule has 0 amide bonds. The minimum atomic E-state index is -0.511. The van der Waals surface area contributed by atoms with Crippen LogP contribution in [0, 0.1) is 21.6 Å². The SMILES string of the molecule is C[S+](C(=S)NC#N)c1cccc([N+](=O)[O-])c1. The summed E-state index contributed by atoms with van der Waals surface area (Å²) in [6.07, 6.45) is 3.55. The first-order chi connectivity index (χ1) is 7.56. The Kier molecular flexibility index (Phi) is 4.22. The van der Waals surface area contributed by atoms with Gasteiger partial charge in [-0.1, -0.05) is 6.07 Å². The van der Waals surface area contributed by atoms with Gasteiger partial charge in [-0.3, -0.25) is 10.1 Å². The van der Waals surface area contributed by atoms with Crippen molar-refractivity contribution in [3.8, 4) is 6.19 Å². The highest BCUT2D eigenvalue weighted by Gasteiger charge is 2.24. The third-order valence-electron chi connectivity index (χ3n) is 1.82. The normalized spacial score (nSPS) is 11.2. The Balaban J connectivity index is 2.96. The van der Waals surface area contributed by atoms with E-state index in [0.717, 1.165) is 4.90 Å². The second-order valence-electron chi connectivity index (χ2n) is 2.79. The number of benzene rings is 1. The molecule has 0 spiro atoms. The number of non-ortho nitro benzene ring substituents is 1. The molecular formula is C9H8N3O2S2+. The third-order valence-corrected chi connectivity index (χ3v) is 4.29. The van der Waals surface area contributed by atoms with Gasteiger partial charge in [-0.15, -0.1) is 0 Å². The van der Waals surface area contributed by atoms with Crippen molar-refractivity contribution in [2.75, 3.05) is 6.26 Å². The number of nitriles is 1. The van der Waals surface area contributed by atoms with Crippen LogP contribution in [-0.2, 0) is 10.9 Å². The average molecular weight is 254 g/mol. The summed E-state index contributed by atoms with van der Waals surface area (Å²) in [5.74, 6) is 0. The number of nitro benzene ring substituents is 1. The highest BCUT2D eigenvalue weighted by molar-refractivity contribution is 8.20. The minimum Gasteiger partial charge on any atom is -0.258 e. The largest absolute Gasteiger partial charge is 0.306 e. The molecule has 1 aromatic carbocycles. The van der Waals surface area contributed by atoms with E-state index in [1.807, 2.05) is 6.26 Å². The molecular weight excluding hydrogens is 246 g/mol. The highest BCUT2D eigenvalue weighted by Crippen LogP contribution is 2.19. The van der Waals surface area contributed by atoms with Crippen LogP contribution in [0.2, 0.25) is 0 Å². The van der Waals surface area contributed by atoms with Gasteiger partial charge in [0, 0.05) is 6.07 Å². The van der Waals surface area contributed by atoms with Crippen LogP contribution in [0.4, 0.5) is 5.69 Å². The van der Waals surface area contributed by atoms with E-state index in [9.17, 15) is 10.1 Å². The lowest BCUT2D eigenvalue weighted by Gasteiger charge is -2.00. The van der Waals surface area contributed by atoms with Gasteiger partial charge in [0.15, 0.2) is 11.1 Å². The summed E-state index contributed by atoms with van der Waals surface area (Å²) in [6, 6.07) is 6.24. The molecule has 5 nitrogen and oxygen atoms in total. The molecule has 0 aliphatic heterocycles. The smallest absolute Gasteiger partial charge is 0.258 e. The third kappa shape index (κ3) is 2.92. The zero-order valence-electron chi connectivity index (χ0n) is 8.34. The van der Waals surface area contributed by atoms with E-state index in [0.29, 0.717) is 4.32 Å². The molecule has 1 rings (SSSR count). The Morgan fingerprint density at radius 2 is 2.38 bits per heavy atom. The van der Waals surface area contributed by atoms with Crippen molar-refractivity contribution in [3.05, 3.63) is 34.4 Å². The zero-order valence-corrected chi connectivity index (χ0v) is 9.97. The number of rotatable bonds is 2. The molecule has 0 saturated carbocycles. The van der Waals surface area contributed by atoms with Gasteiger partial charge in [-0.25, -0.2) is 5.32 Å². The molecule has 1 unspecified atom stereocenters. The molecule has 7 heteroatoms. The number of nitro groups is 1. The fraction of sp³-hybridized carbons (Fsp3) is 0.111. The lowest BCUT2D eigenvalue weighted by Crippen LogP contribution is -2.24. The first-order valence-electron chi connectivity index (χ1n) is 4.15. The van der Waals surface area contributed by atoms with Gasteiger partial charge in [0.05, 0.1) is 21.9 Å². The summed E-state index contributed by atoms with van der Waals surface area (Å²) in [6.45, 7) is 0. The van der Waals surface area contributed by atoms with Gasteiger partial charge in [-0.2, -0.15) is 5.26 Å². The van der Waals surface area contributed by atoms with Gasteiger partial charge in [0.1, 0.15) is 6.26 Å². The van der Waals surface area contributed by atoms with Crippen LogP contribution in [0.1, 0.15) is 0 Å². The number of nitrogens with one attached hydrogen (secondary N) is 1. The van der Waals surface area contributed by atoms with Crippen molar-refractivity contribution in [2.45, 2.75) is 4.90 Å². The predicted molar refractivity (Wildman–Crippen MR) is 66.0 cm³/mol. The van der Waals surface area contributed by atoms with E-state index in [1.54, 1.807) is 18.3 Å². The Hall–Kier alpha value is -1.65. The monoisotopic (exact) mass is 254 g/mol. The van der Waals surface area contributed by atoms with Crippen LogP contribution in [0.25, 0.3) is 0 Å². The molecule has 0 radical (unpaired) electrons. The van der Waals surface area contributed by atoms with Crippen LogP contribution in [0.3, 0.4) is 0 Å². The van der Waals surface area contributed by atoms with Crippen molar-refractivity contribution in [1.82, 2.24) is 5.32 Å². The number of thiocarbonyl (C=S) groups is 1. The van der Waals surface area contributed by atoms with E-state index < -0.39 is 15.8 Å². The fourth-order valence-corrected chi connectivity index (χ4v) is 2.34. The molecule has 1 atom stereocenters. The van der Waals surface area contributed by atoms with Crippen molar-refractivity contribution in [2.24, 2.45) is 0 Å². The van der Waals surface area contributed by atoms with Crippen LogP contribution in [0.5, 0.6) is 0 Å². The number of hydrogen-bond donors (Lipinski definition) is 1. The highest BCUT2D eigenvalue weighted by atomic mass is 32.2. The molecule has 0 saturated heterocycles. The Labute approximate surface area is 101 Å². The lowest BCUT2D eigenvalue weighted by atomic mass is 10.3. The van der Waals surface area contributed by atoms with E-state index in [4.69, 9.17) is 17.5 Å². The van der Waals surface area contributed by atoms with E-state index in [-0.39, 0.29) is 5.69 Å². The topological polar surface area (TPSA) is 79.0 Å². The number of hydrogen-bond acceptors (Lipinski definition) is 4. The Morgan fingerprint density at radius 3 is 2.94 bits per heavy atom. The minimum absolute atomic E-state index is 0.0246. The maximum atomic E-state index is 10.6. The molecule has 0 aromatic heterocycles. The molecule has 0 aliphatic rings. The summed E-state index contributed by atoms with van der Waals surface area (Å²) < 4.78 is 0.378. The fourth-order valence-electron chi connectivity index (χ4n) is 1.02. The molecule has 0 bridgehead atoms. The molecule has 82 valence electrons. The van der Waals surface area contributed by atoms with Crippen LogP contribution in [-0.4, -0.2) is 15.5 Å². The van der Waals surface area contributed by atoms with Crippen LogP contribution in [0.15, 0.2) is 29.2 Å². The summed E-state index contributed by atoms with van der Waals surface area (Å²) in [5, 5.41) is 21.4. The standard InChI is InChI=1S/C9H7N3O2S2/c1-16(9(15)11-6-10)8-4-2-3-7(5-8)12(13)14/h2-5H,1H3/p+1. The molecule has 0 aliphatic carbocycles. The van der Waals surface area contributed by atoms with Gasteiger partial charge in [0.2, 0.25) is 0 Å². The van der Waals surface area contributed by atoms with Crippen molar-refractivity contribution in [1.29, 1.82) is 5.26 Å². The van der Waals surface area contributed by atoms with Crippen molar-refractivity contribution >= 4 is 33.1 Å². The first kappa shape index (κ1) is 12.4. The van der Waals surface area contributed by atoms with Gasteiger partial charge in [0.25, 0.3) is 5.69 Å².